The molecule has 0 aliphatic heterocycles. The van der Waals surface area contributed by atoms with Gasteiger partial charge in [0.1, 0.15) is 11.5 Å². The van der Waals surface area contributed by atoms with Crippen LogP contribution in [0.15, 0.2) is 66.7 Å². The molecule has 1 aliphatic carbocycles. The molecule has 0 aromatic heterocycles. The molecule has 4 rings (SSSR count). The minimum absolute atomic E-state index is 0.0512. The van der Waals surface area contributed by atoms with E-state index in [2.05, 4.69) is 23.5 Å². The lowest BCUT2D eigenvalue weighted by atomic mass is 9.72. The maximum absolute atomic E-state index is 13.3. The maximum Gasteiger partial charge on any atom is 0.224 e. The van der Waals surface area contributed by atoms with Gasteiger partial charge >= 0.3 is 0 Å². The Hall–Kier alpha value is -3.85. The van der Waals surface area contributed by atoms with Crippen LogP contribution < -0.4 is 11.1 Å². The predicted molar refractivity (Wildman–Crippen MR) is 156 cm³/mol. The number of amides is 1. The number of aromatic hydroxyl groups is 1. The van der Waals surface area contributed by atoms with Gasteiger partial charge in [-0.15, -0.1) is 0 Å². The number of carbonyl (C=O) groups excluding carboxylic acids is 3. The number of aliphatic hydroxyl groups is 2. The second-order valence-electron chi connectivity index (χ2n) is 10.9. The number of primary amides is 1. The molecular weight excluding hydrogens is 520 g/mol. The number of ketones is 2. The normalized spacial score (nSPS) is 16.1. The van der Waals surface area contributed by atoms with Gasteiger partial charge in [-0.25, -0.2) is 0 Å². The van der Waals surface area contributed by atoms with Gasteiger partial charge in [-0.3, -0.25) is 14.4 Å². The number of nitrogens with two attached hydrogens (primary N) is 1. The van der Waals surface area contributed by atoms with Gasteiger partial charge in [0.25, 0.3) is 0 Å². The molecule has 0 saturated carbocycles. The van der Waals surface area contributed by atoms with Crippen molar-refractivity contribution in [2.75, 3.05) is 13.2 Å². The van der Waals surface area contributed by atoms with Crippen molar-refractivity contribution >= 4 is 17.5 Å². The smallest absolute Gasteiger partial charge is 0.224 e. The third-order valence-corrected chi connectivity index (χ3v) is 7.94. The monoisotopic (exact) mass is 558 g/mol. The second-order valence-corrected chi connectivity index (χ2v) is 10.9. The SMILES string of the molecule is NC(=O)CC(=O)C(CO)C(CCO)CC1CC(=O)c2c(O)ccc(-c3cccc(CNCc4ccccc4)c3)c2C1. The van der Waals surface area contributed by atoms with Gasteiger partial charge in [0, 0.05) is 32.0 Å². The highest BCUT2D eigenvalue weighted by Gasteiger charge is 2.35. The number of carbonyl (C=O) groups is 3. The summed E-state index contributed by atoms with van der Waals surface area (Å²) in [5.74, 6) is -2.90. The van der Waals surface area contributed by atoms with Gasteiger partial charge in [0.05, 0.1) is 18.6 Å². The van der Waals surface area contributed by atoms with E-state index in [1.54, 1.807) is 6.07 Å². The average Bonchev–Trinajstić information content (AvgIpc) is 2.94. The molecule has 0 spiro atoms. The molecule has 1 aliphatic rings. The lowest BCUT2D eigenvalue weighted by Crippen LogP contribution is -2.33. The van der Waals surface area contributed by atoms with Crippen LogP contribution in [0, 0.1) is 17.8 Å². The zero-order valence-corrected chi connectivity index (χ0v) is 23.1. The third kappa shape index (κ3) is 7.67. The van der Waals surface area contributed by atoms with Crippen LogP contribution in [-0.4, -0.2) is 46.0 Å². The zero-order valence-electron chi connectivity index (χ0n) is 23.1. The van der Waals surface area contributed by atoms with Crippen molar-refractivity contribution < 1.29 is 29.7 Å². The minimum atomic E-state index is -0.852. The summed E-state index contributed by atoms with van der Waals surface area (Å²) in [4.78, 5) is 37.3. The molecular formula is C33H38N2O6. The number of phenolic OH excluding ortho intramolecular Hbond substituents is 1. The van der Waals surface area contributed by atoms with Gasteiger partial charge < -0.3 is 26.4 Å². The van der Waals surface area contributed by atoms with Gasteiger partial charge in [0.2, 0.25) is 5.91 Å². The molecule has 0 fully saturated rings. The molecule has 0 heterocycles. The molecule has 6 N–H and O–H groups in total. The first kappa shape index (κ1) is 30.1. The van der Waals surface area contributed by atoms with Crippen LogP contribution in [0.4, 0.5) is 0 Å². The second kappa shape index (κ2) is 14.2. The summed E-state index contributed by atoms with van der Waals surface area (Å²) in [6, 6.07) is 21.6. The topological polar surface area (TPSA) is 150 Å². The summed E-state index contributed by atoms with van der Waals surface area (Å²) in [6.07, 6.45) is 0.843. The highest BCUT2D eigenvalue weighted by Crippen LogP contribution is 2.41. The Morgan fingerprint density at radius 3 is 2.39 bits per heavy atom. The van der Waals surface area contributed by atoms with Gasteiger partial charge in [0.15, 0.2) is 5.78 Å². The Labute approximate surface area is 240 Å². The fourth-order valence-corrected chi connectivity index (χ4v) is 6.01. The zero-order chi connectivity index (χ0) is 29.4. The van der Waals surface area contributed by atoms with Crippen LogP contribution in [-0.2, 0) is 29.1 Å². The molecule has 1 amide bonds. The van der Waals surface area contributed by atoms with Crippen molar-refractivity contribution in [2.24, 2.45) is 23.5 Å². The van der Waals surface area contributed by atoms with Gasteiger partial charge in [-0.05, 0) is 71.0 Å². The molecule has 3 aromatic rings. The third-order valence-electron chi connectivity index (χ3n) is 7.94. The lowest BCUT2D eigenvalue weighted by Gasteiger charge is -2.31. The Balaban J connectivity index is 1.56. The fourth-order valence-electron chi connectivity index (χ4n) is 6.01. The van der Waals surface area contributed by atoms with E-state index >= 15 is 0 Å². The van der Waals surface area contributed by atoms with E-state index in [0.29, 0.717) is 24.9 Å². The fraction of sp³-hybridized carbons (Fsp3) is 0.364. The predicted octanol–water partition coefficient (Wildman–Crippen LogP) is 3.54. The number of Topliss-reactive ketones (excluding diaryl/α,β-unsaturated/α-hetero) is 2. The molecule has 3 atom stereocenters. The molecule has 8 nitrogen and oxygen atoms in total. The van der Waals surface area contributed by atoms with Crippen LogP contribution >= 0.6 is 0 Å². The van der Waals surface area contributed by atoms with E-state index in [-0.39, 0.29) is 36.9 Å². The van der Waals surface area contributed by atoms with Gasteiger partial charge in [-0.1, -0.05) is 54.6 Å². The highest BCUT2D eigenvalue weighted by molar-refractivity contribution is 6.03. The first-order valence-electron chi connectivity index (χ1n) is 14.0. The molecule has 3 aromatic carbocycles. The van der Waals surface area contributed by atoms with Crippen molar-refractivity contribution in [3.8, 4) is 16.9 Å². The number of hydrogen-bond donors (Lipinski definition) is 5. The van der Waals surface area contributed by atoms with Crippen LogP contribution in [0.1, 0.15) is 52.7 Å². The quantitative estimate of drug-likeness (QED) is 0.190. The minimum Gasteiger partial charge on any atom is -0.507 e. The van der Waals surface area contributed by atoms with Crippen molar-refractivity contribution in [2.45, 2.75) is 45.2 Å². The van der Waals surface area contributed by atoms with Crippen molar-refractivity contribution in [1.82, 2.24) is 5.32 Å². The summed E-state index contributed by atoms with van der Waals surface area (Å²) < 4.78 is 0. The first-order chi connectivity index (χ1) is 19.8. The molecule has 0 radical (unpaired) electrons. The van der Waals surface area contributed by atoms with E-state index in [4.69, 9.17) is 5.73 Å². The van der Waals surface area contributed by atoms with Crippen LogP contribution in [0.5, 0.6) is 5.75 Å². The molecule has 8 heteroatoms. The molecule has 0 saturated heterocycles. The average molecular weight is 559 g/mol. The molecule has 216 valence electrons. The Bertz CT molecular complexity index is 1370. The van der Waals surface area contributed by atoms with Crippen molar-refractivity contribution in [1.29, 1.82) is 0 Å². The highest BCUT2D eigenvalue weighted by atomic mass is 16.3. The van der Waals surface area contributed by atoms with Crippen LogP contribution in [0.2, 0.25) is 0 Å². The Morgan fingerprint density at radius 1 is 0.951 bits per heavy atom. The number of rotatable bonds is 14. The molecule has 41 heavy (non-hydrogen) atoms. The molecule has 3 unspecified atom stereocenters. The Morgan fingerprint density at radius 2 is 1.68 bits per heavy atom. The maximum atomic E-state index is 13.3. The summed E-state index contributed by atoms with van der Waals surface area (Å²) in [6.45, 7) is 0.738. The number of fused-ring (bicyclic) bond motifs is 1. The van der Waals surface area contributed by atoms with Gasteiger partial charge in [-0.2, -0.15) is 0 Å². The van der Waals surface area contributed by atoms with Crippen molar-refractivity contribution in [3.05, 3.63) is 89.0 Å². The van der Waals surface area contributed by atoms with E-state index < -0.39 is 36.6 Å². The number of nitrogens with one attached hydrogen (secondary N) is 1. The summed E-state index contributed by atoms with van der Waals surface area (Å²) in [7, 11) is 0. The number of benzene rings is 3. The number of aliphatic hydroxyl groups excluding tert-OH is 2. The molecule has 0 bridgehead atoms. The van der Waals surface area contributed by atoms with E-state index in [9.17, 15) is 29.7 Å². The largest absolute Gasteiger partial charge is 0.507 e. The summed E-state index contributed by atoms with van der Waals surface area (Å²) in [5.41, 5.74) is 10.4. The Kier molecular flexibility index (Phi) is 10.4. The standard InChI is InChI=1S/C33H38N2O6/c34-32(41)17-30(39)28(20-37)25(11-12-36)14-23-15-27-26(9-10-29(38)33(27)31(40)16-23)24-8-4-7-22(13-24)19-35-18-21-5-2-1-3-6-21/h1-10,13,23,25,28,35-38H,11-12,14-20H2,(H2,34,41). The van der Waals surface area contributed by atoms with E-state index in [1.807, 2.05) is 42.5 Å². The van der Waals surface area contributed by atoms with E-state index in [0.717, 1.165) is 28.8 Å². The summed E-state index contributed by atoms with van der Waals surface area (Å²) >= 11 is 0. The number of phenols is 1. The lowest BCUT2D eigenvalue weighted by molar-refractivity contribution is -0.131. The van der Waals surface area contributed by atoms with Crippen LogP contribution in [0.25, 0.3) is 11.1 Å². The van der Waals surface area contributed by atoms with Crippen molar-refractivity contribution in [3.63, 3.8) is 0 Å². The first-order valence-corrected chi connectivity index (χ1v) is 14.0. The number of hydrogen-bond acceptors (Lipinski definition) is 7. The van der Waals surface area contributed by atoms with E-state index in [1.165, 1.54) is 5.56 Å². The van der Waals surface area contributed by atoms with Crippen LogP contribution in [0.3, 0.4) is 0 Å². The summed E-state index contributed by atoms with van der Waals surface area (Å²) in [5, 5.41) is 33.7.